The Morgan fingerprint density at radius 1 is 1.53 bits per heavy atom. The highest BCUT2D eigenvalue weighted by molar-refractivity contribution is 5.72. The van der Waals surface area contributed by atoms with Crippen LogP contribution in [0.5, 0.6) is 5.75 Å². The Morgan fingerprint density at radius 2 is 2.29 bits per heavy atom. The molecule has 0 bridgehead atoms. The summed E-state index contributed by atoms with van der Waals surface area (Å²) in [6.45, 7) is 0. The standard InChI is InChI=1S/C10H9N3O4/c1-16-9-4-6(2-3-8(9)13(14)15)10-7(11)5-12-17-10/h2-5H,11H2,1H3. The van der Waals surface area contributed by atoms with Crippen molar-refractivity contribution in [1.82, 2.24) is 5.16 Å². The van der Waals surface area contributed by atoms with Gasteiger partial charge in [0.2, 0.25) is 0 Å². The molecule has 0 radical (unpaired) electrons. The number of nitro benzene ring substituents is 1. The quantitative estimate of drug-likeness (QED) is 0.642. The number of aromatic nitrogens is 1. The van der Waals surface area contributed by atoms with Crippen molar-refractivity contribution < 1.29 is 14.2 Å². The van der Waals surface area contributed by atoms with Crippen molar-refractivity contribution in [3.05, 3.63) is 34.5 Å². The summed E-state index contributed by atoms with van der Waals surface area (Å²) in [7, 11) is 1.36. The van der Waals surface area contributed by atoms with Crippen LogP contribution in [0.25, 0.3) is 11.3 Å². The van der Waals surface area contributed by atoms with E-state index in [4.69, 9.17) is 15.0 Å². The Balaban J connectivity index is 2.52. The monoisotopic (exact) mass is 235 g/mol. The first-order valence-electron chi connectivity index (χ1n) is 4.66. The number of nitrogens with two attached hydrogens (primary N) is 1. The zero-order valence-corrected chi connectivity index (χ0v) is 8.91. The highest BCUT2D eigenvalue weighted by atomic mass is 16.6. The van der Waals surface area contributed by atoms with Gasteiger partial charge in [-0.1, -0.05) is 5.16 Å². The summed E-state index contributed by atoms with van der Waals surface area (Å²) in [6, 6.07) is 4.34. The molecule has 0 spiro atoms. The smallest absolute Gasteiger partial charge is 0.310 e. The minimum atomic E-state index is -0.521. The molecular weight excluding hydrogens is 226 g/mol. The Morgan fingerprint density at radius 3 is 2.82 bits per heavy atom. The van der Waals surface area contributed by atoms with Crippen LogP contribution in [-0.2, 0) is 0 Å². The molecule has 7 nitrogen and oxygen atoms in total. The van der Waals surface area contributed by atoms with Crippen molar-refractivity contribution in [3.8, 4) is 17.1 Å². The maximum absolute atomic E-state index is 10.7. The van der Waals surface area contributed by atoms with Gasteiger partial charge in [0.25, 0.3) is 0 Å². The summed E-state index contributed by atoms with van der Waals surface area (Å²) >= 11 is 0. The summed E-state index contributed by atoms with van der Waals surface area (Å²) in [5, 5.41) is 14.2. The maximum Gasteiger partial charge on any atom is 0.310 e. The third-order valence-corrected chi connectivity index (χ3v) is 2.24. The van der Waals surface area contributed by atoms with Gasteiger partial charge in [-0.3, -0.25) is 10.1 Å². The second-order valence-electron chi connectivity index (χ2n) is 3.25. The highest BCUT2D eigenvalue weighted by Crippen LogP contribution is 2.34. The number of nitro groups is 1. The van der Waals surface area contributed by atoms with Crippen LogP contribution in [0.1, 0.15) is 0 Å². The highest BCUT2D eigenvalue weighted by Gasteiger charge is 2.17. The minimum absolute atomic E-state index is 0.116. The van der Waals surface area contributed by atoms with E-state index >= 15 is 0 Å². The number of ether oxygens (including phenoxy) is 1. The van der Waals surface area contributed by atoms with Gasteiger partial charge >= 0.3 is 5.69 Å². The Labute approximate surface area is 95.9 Å². The van der Waals surface area contributed by atoms with Crippen molar-refractivity contribution in [2.24, 2.45) is 0 Å². The zero-order valence-electron chi connectivity index (χ0n) is 8.91. The van der Waals surface area contributed by atoms with Crippen LogP contribution >= 0.6 is 0 Å². The fourth-order valence-corrected chi connectivity index (χ4v) is 1.44. The lowest BCUT2D eigenvalue weighted by Crippen LogP contribution is -1.94. The van der Waals surface area contributed by atoms with Gasteiger partial charge in [-0.15, -0.1) is 0 Å². The molecule has 2 N–H and O–H groups in total. The fraction of sp³-hybridized carbons (Fsp3) is 0.100. The zero-order chi connectivity index (χ0) is 12.4. The van der Waals surface area contributed by atoms with E-state index in [0.29, 0.717) is 17.0 Å². The first-order valence-corrected chi connectivity index (χ1v) is 4.66. The van der Waals surface area contributed by atoms with Crippen LogP contribution in [-0.4, -0.2) is 17.2 Å². The number of benzene rings is 1. The number of methoxy groups -OCH3 is 1. The van der Waals surface area contributed by atoms with E-state index in [9.17, 15) is 10.1 Å². The van der Waals surface area contributed by atoms with Crippen LogP contribution in [0.4, 0.5) is 11.4 Å². The molecule has 7 heteroatoms. The van der Waals surface area contributed by atoms with E-state index in [1.54, 1.807) is 0 Å². The van der Waals surface area contributed by atoms with Crippen LogP contribution in [0.2, 0.25) is 0 Å². The van der Waals surface area contributed by atoms with Crippen molar-refractivity contribution >= 4 is 11.4 Å². The van der Waals surface area contributed by atoms with Crippen molar-refractivity contribution in [1.29, 1.82) is 0 Å². The number of hydrogen-bond acceptors (Lipinski definition) is 6. The SMILES string of the molecule is COc1cc(-c2oncc2N)ccc1[N+](=O)[O-]. The van der Waals surface area contributed by atoms with E-state index in [2.05, 4.69) is 5.16 Å². The molecule has 0 aliphatic heterocycles. The molecule has 0 unspecified atom stereocenters. The number of hydrogen-bond donors (Lipinski definition) is 1. The molecule has 0 fully saturated rings. The summed E-state index contributed by atoms with van der Waals surface area (Å²) in [5.41, 5.74) is 6.45. The largest absolute Gasteiger partial charge is 0.490 e. The average molecular weight is 235 g/mol. The average Bonchev–Trinajstić information content (AvgIpc) is 2.74. The molecule has 0 aliphatic rings. The van der Waals surface area contributed by atoms with E-state index in [-0.39, 0.29) is 11.4 Å². The van der Waals surface area contributed by atoms with E-state index in [0.717, 1.165) is 0 Å². The van der Waals surface area contributed by atoms with Crippen LogP contribution in [0.3, 0.4) is 0 Å². The molecular formula is C10H9N3O4. The predicted octanol–water partition coefficient (Wildman–Crippen LogP) is 1.84. The molecule has 2 rings (SSSR count). The molecule has 0 atom stereocenters. The van der Waals surface area contributed by atoms with Crippen molar-refractivity contribution in [3.63, 3.8) is 0 Å². The minimum Gasteiger partial charge on any atom is -0.490 e. The molecule has 0 saturated heterocycles. The third kappa shape index (κ3) is 1.89. The summed E-state index contributed by atoms with van der Waals surface area (Å²) < 4.78 is 9.89. The Kier molecular flexibility index (Phi) is 2.65. The number of rotatable bonds is 3. The summed E-state index contributed by atoms with van der Waals surface area (Å²) in [5.74, 6) is 0.501. The Hall–Kier alpha value is -2.57. The normalized spacial score (nSPS) is 10.2. The third-order valence-electron chi connectivity index (χ3n) is 2.24. The van der Waals surface area contributed by atoms with Crippen molar-refractivity contribution in [2.75, 3.05) is 12.8 Å². The maximum atomic E-state index is 10.7. The molecule has 88 valence electrons. The molecule has 17 heavy (non-hydrogen) atoms. The molecule has 0 amide bonds. The molecule has 1 aromatic heterocycles. The molecule has 1 heterocycles. The lowest BCUT2D eigenvalue weighted by atomic mass is 10.1. The van der Waals surface area contributed by atoms with Crippen LogP contribution < -0.4 is 10.5 Å². The first kappa shape index (κ1) is 10.9. The predicted molar refractivity (Wildman–Crippen MR) is 59.6 cm³/mol. The number of nitrogen functional groups attached to an aromatic ring is 1. The topological polar surface area (TPSA) is 104 Å². The van der Waals surface area contributed by atoms with Gasteiger partial charge in [-0.2, -0.15) is 0 Å². The van der Waals surface area contributed by atoms with E-state index in [1.807, 2.05) is 0 Å². The fourth-order valence-electron chi connectivity index (χ4n) is 1.44. The van der Waals surface area contributed by atoms with Crippen LogP contribution in [0, 0.1) is 10.1 Å². The first-order chi connectivity index (χ1) is 8.13. The Bertz CT molecular complexity index is 564. The van der Waals surface area contributed by atoms with Gasteiger partial charge in [0, 0.05) is 11.6 Å². The van der Waals surface area contributed by atoms with Gasteiger partial charge in [0.1, 0.15) is 5.69 Å². The van der Waals surface area contributed by atoms with Gasteiger partial charge in [0.15, 0.2) is 11.5 Å². The van der Waals surface area contributed by atoms with E-state index in [1.165, 1.54) is 31.5 Å². The molecule has 0 saturated carbocycles. The summed E-state index contributed by atoms with van der Waals surface area (Å²) in [6.07, 6.45) is 1.36. The molecule has 1 aromatic carbocycles. The van der Waals surface area contributed by atoms with E-state index < -0.39 is 4.92 Å². The second kappa shape index (κ2) is 4.12. The van der Waals surface area contributed by atoms with Gasteiger partial charge in [0.05, 0.1) is 18.2 Å². The van der Waals surface area contributed by atoms with Crippen LogP contribution in [0.15, 0.2) is 28.9 Å². The lowest BCUT2D eigenvalue weighted by molar-refractivity contribution is -0.385. The van der Waals surface area contributed by atoms with Gasteiger partial charge in [-0.25, -0.2) is 0 Å². The van der Waals surface area contributed by atoms with Crippen molar-refractivity contribution in [2.45, 2.75) is 0 Å². The molecule has 0 aliphatic carbocycles. The number of anilines is 1. The number of nitrogens with zero attached hydrogens (tertiary/aromatic N) is 2. The second-order valence-corrected chi connectivity index (χ2v) is 3.25. The molecule has 2 aromatic rings. The van der Waals surface area contributed by atoms with Gasteiger partial charge in [-0.05, 0) is 12.1 Å². The summed E-state index contributed by atoms with van der Waals surface area (Å²) in [4.78, 5) is 10.2. The lowest BCUT2D eigenvalue weighted by Gasteiger charge is -2.03. The van der Waals surface area contributed by atoms with Gasteiger partial charge < -0.3 is 15.0 Å².